The Kier molecular flexibility index (Phi) is 2.18. The Morgan fingerprint density at radius 3 is 2.73 bits per heavy atom. The summed E-state index contributed by atoms with van der Waals surface area (Å²) in [5, 5.41) is 6.40. The van der Waals surface area contributed by atoms with Gasteiger partial charge in [0, 0.05) is 7.05 Å². The number of carbonyl (C=O) groups excluding carboxylic acids is 2. The number of aryl methyl sites for hydroxylation is 2. The van der Waals surface area contributed by atoms with Crippen molar-refractivity contribution in [3.8, 4) is 0 Å². The van der Waals surface area contributed by atoms with Crippen molar-refractivity contribution < 1.29 is 9.59 Å². The van der Waals surface area contributed by atoms with Crippen molar-refractivity contribution in [1.29, 1.82) is 0 Å². The molecule has 1 aromatic heterocycles. The molecule has 0 saturated carbocycles. The molecule has 3 amide bonds. The fourth-order valence-electron chi connectivity index (χ4n) is 1.62. The van der Waals surface area contributed by atoms with E-state index in [2.05, 4.69) is 10.4 Å². The fourth-order valence-corrected chi connectivity index (χ4v) is 1.62. The molecule has 1 aliphatic rings. The van der Waals surface area contributed by atoms with E-state index in [1.807, 2.05) is 20.0 Å². The van der Waals surface area contributed by atoms with Gasteiger partial charge in [0.05, 0.1) is 17.9 Å². The fraction of sp³-hybridized carbons (Fsp3) is 0.444. The molecule has 2 rings (SSSR count). The van der Waals surface area contributed by atoms with Crippen LogP contribution in [-0.4, -0.2) is 33.2 Å². The predicted molar refractivity (Wildman–Crippen MR) is 51.9 cm³/mol. The monoisotopic (exact) mass is 208 g/mol. The van der Waals surface area contributed by atoms with E-state index in [0.717, 1.165) is 11.4 Å². The first kappa shape index (κ1) is 9.70. The Bertz CT molecular complexity index is 424. The second-order valence-corrected chi connectivity index (χ2v) is 3.61. The van der Waals surface area contributed by atoms with Crippen LogP contribution in [0, 0.1) is 6.92 Å². The van der Waals surface area contributed by atoms with Gasteiger partial charge < -0.3 is 4.90 Å². The molecular formula is C9H12N4O2. The normalized spacial score (nSPS) is 16.0. The lowest BCUT2D eigenvalue weighted by Crippen LogP contribution is -2.28. The molecule has 2 heterocycles. The summed E-state index contributed by atoms with van der Waals surface area (Å²) in [5.41, 5.74) is 1.82. The highest BCUT2D eigenvalue weighted by Gasteiger charge is 2.27. The van der Waals surface area contributed by atoms with E-state index in [0.29, 0.717) is 6.54 Å². The molecule has 1 N–H and O–H groups in total. The molecule has 6 nitrogen and oxygen atoms in total. The number of nitrogens with one attached hydrogen (secondary N) is 1. The Morgan fingerprint density at radius 2 is 2.27 bits per heavy atom. The van der Waals surface area contributed by atoms with Gasteiger partial charge in [0.2, 0.25) is 5.91 Å². The zero-order valence-electron chi connectivity index (χ0n) is 8.65. The minimum absolute atomic E-state index is 0.128. The van der Waals surface area contributed by atoms with Crippen molar-refractivity contribution in [2.75, 3.05) is 6.54 Å². The van der Waals surface area contributed by atoms with Crippen molar-refractivity contribution in [3.05, 3.63) is 17.5 Å². The van der Waals surface area contributed by atoms with E-state index in [-0.39, 0.29) is 18.5 Å². The zero-order valence-corrected chi connectivity index (χ0v) is 8.65. The van der Waals surface area contributed by atoms with Crippen LogP contribution in [0.3, 0.4) is 0 Å². The van der Waals surface area contributed by atoms with Crippen LogP contribution < -0.4 is 5.32 Å². The quantitative estimate of drug-likeness (QED) is 0.683. The summed E-state index contributed by atoms with van der Waals surface area (Å²) in [6.45, 7) is 2.43. The zero-order chi connectivity index (χ0) is 11.0. The maximum Gasteiger partial charge on any atom is 0.324 e. The molecule has 15 heavy (non-hydrogen) atoms. The summed E-state index contributed by atoms with van der Waals surface area (Å²) in [4.78, 5) is 23.7. The summed E-state index contributed by atoms with van der Waals surface area (Å²) < 4.78 is 1.71. The molecule has 1 aliphatic heterocycles. The van der Waals surface area contributed by atoms with E-state index in [4.69, 9.17) is 0 Å². The number of carbonyl (C=O) groups is 2. The largest absolute Gasteiger partial charge is 0.324 e. The number of nitrogens with zero attached hydrogens (tertiary/aromatic N) is 3. The number of imide groups is 1. The van der Waals surface area contributed by atoms with Gasteiger partial charge in [0.1, 0.15) is 6.54 Å². The Hall–Kier alpha value is -1.85. The van der Waals surface area contributed by atoms with E-state index >= 15 is 0 Å². The molecule has 0 unspecified atom stereocenters. The van der Waals surface area contributed by atoms with Gasteiger partial charge in [-0.1, -0.05) is 0 Å². The average Bonchev–Trinajstić information content (AvgIpc) is 2.58. The molecule has 0 bridgehead atoms. The maximum absolute atomic E-state index is 11.3. The van der Waals surface area contributed by atoms with Crippen LogP contribution in [-0.2, 0) is 18.4 Å². The summed E-state index contributed by atoms with van der Waals surface area (Å²) in [5.74, 6) is -0.251. The molecule has 0 atom stereocenters. The minimum Gasteiger partial charge on any atom is -0.309 e. The van der Waals surface area contributed by atoms with Gasteiger partial charge in [-0.3, -0.25) is 14.8 Å². The van der Waals surface area contributed by atoms with Crippen molar-refractivity contribution in [2.24, 2.45) is 7.05 Å². The lowest BCUT2D eigenvalue weighted by Gasteiger charge is -2.12. The molecule has 80 valence electrons. The maximum atomic E-state index is 11.3. The first-order valence-corrected chi connectivity index (χ1v) is 4.64. The van der Waals surface area contributed by atoms with Gasteiger partial charge >= 0.3 is 6.03 Å². The highest BCUT2D eigenvalue weighted by atomic mass is 16.2. The number of hydrogen-bond donors (Lipinski definition) is 1. The number of hydrogen-bond acceptors (Lipinski definition) is 3. The van der Waals surface area contributed by atoms with Crippen LogP contribution in [0.4, 0.5) is 4.79 Å². The molecule has 0 aromatic carbocycles. The van der Waals surface area contributed by atoms with Gasteiger partial charge in [0.15, 0.2) is 0 Å². The van der Waals surface area contributed by atoms with Crippen molar-refractivity contribution in [2.45, 2.75) is 13.5 Å². The van der Waals surface area contributed by atoms with Crippen molar-refractivity contribution in [3.63, 3.8) is 0 Å². The summed E-state index contributed by atoms with van der Waals surface area (Å²) in [6.07, 6.45) is 0. The molecule has 1 aromatic rings. The molecule has 1 fully saturated rings. The van der Waals surface area contributed by atoms with Gasteiger partial charge in [-0.15, -0.1) is 0 Å². The van der Waals surface area contributed by atoms with Crippen LogP contribution in [0.2, 0.25) is 0 Å². The van der Waals surface area contributed by atoms with Crippen LogP contribution in [0.5, 0.6) is 0 Å². The van der Waals surface area contributed by atoms with Crippen LogP contribution >= 0.6 is 0 Å². The third-order valence-corrected chi connectivity index (χ3v) is 2.32. The topological polar surface area (TPSA) is 67.2 Å². The number of amides is 3. The smallest absolute Gasteiger partial charge is 0.309 e. The standard InChI is InChI=1S/C9H12N4O2/c1-6-3-7(12(2)11-6)4-13-5-8(14)10-9(13)15/h3H,4-5H2,1-2H3,(H,10,14,15). The first-order chi connectivity index (χ1) is 7.06. The summed E-state index contributed by atoms with van der Waals surface area (Å²) in [6, 6.07) is 1.56. The molecule has 1 saturated heterocycles. The Labute approximate surface area is 86.9 Å². The van der Waals surface area contributed by atoms with E-state index in [1.54, 1.807) is 4.68 Å². The van der Waals surface area contributed by atoms with Gasteiger partial charge in [-0.25, -0.2) is 4.79 Å². The summed E-state index contributed by atoms with van der Waals surface area (Å²) in [7, 11) is 1.82. The molecule has 0 spiro atoms. The molecule has 6 heteroatoms. The van der Waals surface area contributed by atoms with Crippen LogP contribution in [0.25, 0.3) is 0 Å². The second-order valence-electron chi connectivity index (χ2n) is 3.61. The summed E-state index contributed by atoms with van der Waals surface area (Å²) >= 11 is 0. The Balaban J connectivity index is 2.12. The molecular weight excluding hydrogens is 196 g/mol. The minimum atomic E-state index is -0.334. The van der Waals surface area contributed by atoms with Crippen LogP contribution in [0.15, 0.2) is 6.07 Å². The first-order valence-electron chi connectivity index (χ1n) is 4.64. The van der Waals surface area contributed by atoms with Crippen molar-refractivity contribution >= 4 is 11.9 Å². The molecule has 0 radical (unpaired) electrons. The SMILES string of the molecule is Cc1cc(CN2CC(=O)NC2=O)n(C)n1. The average molecular weight is 208 g/mol. The number of aromatic nitrogens is 2. The highest BCUT2D eigenvalue weighted by molar-refractivity contribution is 6.01. The van der Waals surface area contributed by atoms with Gasteiger partial charge in [-0.2, -0.15) is 5.10 Å². The van der Waals surface area contributed by atoms with E-state index in [9.17, 15) is 9.59 Å². The third kappa shape index (κ3) is 1.83. The van der Waals surface area contributed by atoms with Crippen molar-refractivity contribution in [1.82, 2.24) is 20.0 Å². The Morgan fingerprint density at radius 1 is 1.53 bits per heavy atom. The van der Waals surface area contributed by atoms with Gasteiger partial charge in [0.25, 0.3) is 0 Å². The number of rotatable bonds is 2. The third-order valence-electron chi connectivity index (χ3n) is 2.32. The lowest BCUT2D eigenvalue weighted by atomic mass is 10.3. The predicted octanol–water partition coefficient (Wildman–Crippen LogP) is -0.220. The van der Waals surface area contributed by atoms with Crippen LogP contribution in [0.1, 0.15) is 11.4 Å². The van der Waals surface area contributed by atoms with Gasteiger partial charge in [-0.05, 0) is 13.0 Å². The van der Waals surface area contributed by atoms with E-state index < -0.39 is 0 Å². The number of urea groups is 1. The second kappa shape index (κ2) is 3.38. The highest BCUT2D eigenvalue weighted by Crippen LogP contribution is 2.08. The van der Waals surface area contributed by atoms with E-state index in [1.165, 1.54) is 4.90 Å². The lowest BCUT2D eigenvalue weighted by molar-refractivity contribution is -0.118. The molecule has 0 aliphatic carbocycles.